The number of thioether (sulfide) groups is 2. The summed E-state index contributed by atoms with van der Waals surface area (Å²) in [4.78, 5) is 31.8. The number of nitrogens with zero attached hydrogens (tertiary/aromatic N) is 2. The molecule has 2 amide bonds. The van der Waals surface area contributed by atoms with Gasteiger partial charge >= 0.3 is 0 Å². The molecule has 32 heavy (non-hydrogen) atoms. The minimum Gasteiger partial charge on any atom is -0.335 e. The predicted octanol–water partition coefficient (Wildman–Crippen LogP) is 6.67. The van der Waals surface area contributed by atoms with Crippen LogP contribution in [0.15, 0.2) is 77.8 Å². The molecule has 0 aromatic heterocycles. The zero-order chi connectivity index (χ0) is 22.7. The molecule has 0 saturated carbocycles. The Kier molecular flexibility index (Phi) is 6.67. The van der Waals surface area contributed by atoms with Crippen molar-refractivity contribution < 1.29 is 9.59 Å². The molecule has 1 heterocycles. The van der Waals surface area contributed by atoms with Gasteiger partial charge < -0.3 is 5.32 Å². The van der Waals surface area contributed by atoms with Gasteiger partial charge in [0.1, 0.15) is 4.58 Å². The molecule has 1 N–H and O–H groups in total. The lowest BCUT2D eigenvalue weighted by Gasteiger charge is -2.15. The zero-order valence-electron chi connectivity index (χ0n) is 18.0. The maximum absolute atomic E-state index is 13.1. The van der Waals surface area contributed by atoms with Gasteiger partial charge in [-0.15, -0.1) is 0 Å². The third-order valence-corrected chi connectivity index (χ3v) is 7.03. The van der Waals surface area contributed by atoms with E-state index < -0.39 is 4.58 Å². The van der Waals surface area contributed by atoms with Gasteiger partial charge in [-0.3, -0.25) is 9.59 Å². The maximum Gasteiger partial charge on any atom is 0.294 e. The molecule has 7 heteroatoms. The number of rotatable bonds is 4. The number of hydrogen-bond donors (Lipinski definition) is 1. The fourth-order valence-corrected chi connectivity index (χ4v) is 5.38. The number of anilines is 2. The topological polar surface area (TPSA) is 61.8 Å². The lowest BCUT2D eigenvalue weighted by Crippen LogP contribution is -2.31. The van der Waals surface area contributed by atoms with E-state index in [1.807, 2.05) is 81.4 Å². The van der Waals surface area contributed by atoms with Crippen molar-refractivity contribution in [2.45, 2.75) is 25.4 Å². The van der Waals surface area contributed by atoms with E-state index in [-0.39, 0.29) is 11.1 Å². The van der Waals surface area contributed by atoms with Crippen molar-refractivity contribution in [1.29, 1.82) is 0 Å². The number of amides is 2. The number of carbonyl (C=O) groups is 2. The number of aliphatic imine (C=N–C) groups is 1. The molecular weight excluding hydrogens is 438 g/mol. The Labute approximate surface area is 196 Å². The van der Waals surface area contributed by atoms with E-state index in [2.05, 4.69) is 5.32 Å². The van der Waals surface area contributed by atoms with Crippen molar-refractivity contribution in [2.24, 2.45) is 4.99 Å². The van der Waals surface area contributed by atoms with Crippen LogP contribution >= 0.6 is 23.5 Å². The Morgan fingerprint density at radius 2 is 1.59 bits per heavy atom. The Bertz CT molecular complexity index is 1190. The van der Waals surface area contributed by atoms with Gasteiger partial charge in [0.15, 0.2) is 5.17 Å². The van der Waals surface area contributed by atoms with E-state index in [1.165, 1.54) is 16.7 Å². The summed E-state index contributed by atoms with van der Waals surface area (Å²) in [6.45, 7) is 5.99. The van der Waals surface area contributed by atoms with Crippen LogP contribution in [0, 0.1) is 20.8 Å². The minimum absolute atomic E-state index is 0.253. The molecule has 0 spiro atoms. The standard InChI is InChI=1S/C25H23N3O2S2/c1-16-10-12-21(13-11-16)28-22(29)23(32-25(28)30)31-24(26-19-8-4-6-17(2)14-19)27-20-9-5-7-18(3)15-20/h4-15,23H,1-3H3,(H,26,27)/t23-/m1/s1. The molecule has 3 aromatic carbocycles. The summed E-state index contributed by atoms with van der Waals surface area (Å²) in [7, 11) is 0. The number of hydrogen-bond acceptors (Lipinski definition) is 5. The second-order valence-electron chi connectivity index (χ2n) is 7.59. The van der Waals surface area contributed by atoms with E-state index in [4.69, 9.17) is 4.99 Å². The maximum atomic E-state index is 13.1. The van der Waals surface area contributed by atoms with Crippen molar-refractivity contribution in [3.8, 4) is 0 Å². The van der Waals surface area contributed by atoms with Gasteiger partial charge in [-0.05, 0) is 80.1 Å². The Balaban J connectivity index is 1.61. The first-order chi connectivity index (χ1) is 15.4. The molecule has 1 saturated heterocycles. The second-order valence-corrected chi connectivity index (χ2v) is 10.0. The predicted molar refractivity (Wildman–Crippen MR) is 136 cm³/mol. The first-order valence-corrected chi connectivity index (χ1v) is 11.9. The summed E-state index contributed by atoms with van der Waals surface area (Å²) in [6.07, 6.45) is 0. The van der Waals surface area contributed by atoms with E-state index in [0.717, 1.165) is 39.8 Å². The molecule has 1 fully saturated rings. The molecule has 1 atom stereocenters. The third kappa shape index (κ3) is 5.23. The van der Waals surface area contributed by atoms with Gasteiger partial charge in [0.2, 0.25) is 0 Å². The van der Waals surface area contributed by atoms with Gasteiger partial charge in [0.05, 0.1) is 11.4 Å². The fourth-order valence-electron chi connectivity index (χ4n) is 3.24. The summed E-state index contributed by atoms with van der Waals surface area (Å²) in [5, 5.41) is 3.61. The molecule has 4 rings (SSSR count). The molecule has 0 bridgehead atoms. The molecule has 0 unspecified atom stereocenters. The van der Waals surface area contributed by atoms with Crippen molar-refractivity contribution >= 4 is 56.9 Å². The van der Waals surface area contributed by atoms with Crippen LogP contribution in [-0.2, 0) is 4.79 Å². The summed E-state index contributed by atoms with van der Waals surface area (Å²) < 4.78 is -0.621. The molecule has 162 valence electrons. The number of carbonyl (C=O) groups excluding carboxylic acids is 2. The molecule has 0 aliphatic carbocycles. The van der Waals surface area contributed by atoms with Gasteiger partial charge in [-0.2, -0.15) is 0 Å². The highest BCUT2D eigenvalue weighted by atomic mass is 32.2. The van der Waals surface area contributed by atoms with E-state index >= 15 is 0 Å². The summed E-state index contributed by atoms with van der Waals surface area (Å²) in [6, 6.07) is 23.2. The Morgan fingerprint density at radius 1 is 0.906 bits per heavy atom. The van der Waals surface area contributed by atoms with Crippen molar-refractivity contribution in [3.05, 3.63) is 89.5 Å². The van der Waals surface area contributed by atoms with Gasteiger partial charge in [-0.1, -0.05) is 53.7 Å². The molecule has 0 radical (unpaired) electrons. The lowest BCUT2D eigenvalue weighted by atomic mass is 10.2. The quantitative estimate of drug-likeness (QED) is 0.347. The Morgan fingerprint density at radius 3 is 2.28 bits per heavy atom. The lowest BCUT2D eigenvalue weighted by molar-refractivity contribution is -0.115. The van der Waals surface area contributed by atoms with Crippen molar-refractivity contribution in [3.63, 3.8) is 0 Å². The first-order valence-electron chi connectivity index (χ1n) is 10.2. The van der Waals surface area contributed by atoms with Crippen LogP contribution < -0.4 is 10.2 Å². The van der Waals surface area contributed by atoms with Crippen molar-refractivity contribution in [2.75, 3.05) is 10.2 Å². The van der Waals surface area contributed by atoms with Gasteiger partial charge in [-0.25, -0.2) is 9.89 Å². The van der Waals surface area contributed by atoms with Crippen LogP contribution in [0.3, 0.4) is 0 Å². The highest BCUT2D eigenvalue weighted by Gasteiger charge is 2.42. The monoisotopic (exact) mass is 461 g/mol. The number of amidine groups is 1. The van der Waals surface area contributed by atoms with Crippen LogP contribution in [0.25, 0.3) is 0 Å². The van der Waals surface area contributed by atoms with E-state index in [0.29, 0.717) is 10.9 Å². The number of benzene rings is 3. The molecular formula is C25H23N3O2S2. The molecule has 3 aromatic rings. The number of imide groups is 1. The van der Waals surface area contributed by atoms with Crippen molar-refractivity contribution in [1.82, 2.24) is 0 Å². The van der Waals surface area contributed by atoms with Crippen LogP contribution in [0.5, 0.6) is 0 Å². The highest BCUT2D eigenvalue weighted by Crippen LogP contribution is 2.38. The smallest absolute Gasteiger partial charge is 0.294 e. The minimum atomic E-state index is -0.621. The second kappa shape index (κ2) is 9.63. The van der Waals surface area contributed by atoms with Crippen LogP contribution in [0.4, 0.5) is 21.9 Å². The van der Waals surface area contributed by atoms with Crippen LogP contribution in [0.2, 0.25) is 0 Å². The molecule has 5 nitrogen and oxygen atoms in total. The van der Waals surface area contributed by atoms with Crippen LogP contribution in [0.1, 0.15) is 16.7 Å². The van der Waals surface area contributed by atoms with Gasteiger partial charge in [0, 0.05) is 5.69 Å². The number of aryl methyl sites for hydroxylation is 3. The normalized spacial score (nSPS) is 16.5. The summed E-state index contributed by atoms with van der Waals surface area (Å²) in [5.41, 5.74) is 5.53. The van der Waals surface area contributed by atoms with Gasteiger partial charge in [0.25, 0.3) is 11.1 Å². The summed E-state index contributed by atoms with van der Waals surface area (Å²) in [5.74, 6) is -0.253. The van der Waals surface area contributed by atoms with Crippen LogP contribution in [-0.4, -0.2) is 20.9 Å². The molecule has 1 aliphatic heterocycles. The largest absolute Gasteiger partial charge is 0.335 e. The highest BCUT2D eigenvalue weighted by molar-refractivity contribution is 8.31. The average Bonchev–Trinajstić information content (AvgIpc) is 3.02. The first kappa shape index (κ1) is 22.2. The fraction of sp³-hybridized carbons (Fsp3) is 0.160. The number of nitrogens with one attached hydrogen (secondary N) is 1. The van der Waals surface area contributed by atoms with E-state index in [9.17, 15) is 9.59 Å². The molecule has 1 aliphatic rings. The zero-order valence-corrected chi connectivity index (χ0v) is 19.7. The third-order valence-electron chi connectivity index (χ3n) is 4.82. The SMILES string of the molecule is Cc1ccc(N2C(=O)S[C@@H](SC(=Nc3cccc(C)c3)Nc3cccc(C)c3)C2=O)cc1. The van der Waals surface area contributed by atoms with E-state index in [1.54, 1.807) is 12.1 Å². The summed E-state index contributed by atoms with van der Waals surface area (Å²) >= 11 is 2.27. The Hall–Kier alpha value is -3.03. The average molecular weight is 462 g/mol.